The topological polar surface area (TPSA) is 75.2 Å². The molecule has 1 unspecified atom stereocenters. The van der Waals surface area contributed by atoms with E-state index in [1.54, 1.807) is 19.0 Å². The van der Waals surface area contributed by atoms with E-state index in [1.165, 1.54) is 25.7 Å². The van der Waals surface area contributed by atoms with Gasteiger partial charge in [0.15, 0.2) is 11.7 Å². The number of hydrogen-bond acceptors (Lipinski definition) is 4. The zero-order chi connectivity index (χ0) is 19.3. The van der Waals surface area contributed by atoms with E-state index < -0.39 is 0 Å². The zero-order valence-corrected chi connectivity index (χ0v) is 17.1. The largest absolute Gasteiger partial charge is 0.354 e. The first-order chi connectivity index (χ1) is 13.0. The molecule has 0 radical (unpaired) electrons. The molecule has 1 aliphatic heterocycles. The van der Waals surface area contributed by atoms with Gasteiger partial charge >= 0.3 is 0 Å². The second-order valence-electron chi connectivity index (χ2n) is 8.60. The fraction of sp³-hybridized carbons (Fsp3) is 0.900. The van der Waals surface area contributed by atoms with Crippen molar-refractivity contribution in [3.8, 4) is 0 Å². The fourth-order valence-electron chi connectivity index (χ4n) is 4.10. The summed E-state index contributed by atoms with van der Waals surface area (Å²) in [6.45, 7) is 3.72. The summed E-state index contributed by atoms with van der Waals surface area (Å²) in [6, 6.07) is 0.442. The Hall–Kier alpha value is -1.34. The van der Waals surface area contributed by atoms with Gasteiger partial charge in [-0.05, 0) is 31.6 Å². The monoisotopic (exact) mass is 380 g/mol. The predicted octanol–water partition coefficient (Wildman–Crippen LogP) is 1.87. The Kier molecular flexibility index (Phi) is 6.98. The number of likely N-dealkylation sites (N-methyl/N-ethyl adjacent to an activating group) is 1. The Morgan fingerprint density at radius 2 is 1.89 bits per heavy atom. The van der Waals surface area contributed by atoms with Gasteiger partial charge in [0.2, 0.25) is 5.91 Å². The van der Waals surface area contributed by atoms with E-state index >= 15 is 0 Å². The van der Waals surface area contributed by atoms with Crippen LogP contribution in [0.25, 0.3) is 0 Å². The van der Waals surface area contributed by atoms with E-state index in [0.717, 1.165) is 31.6 Å². The molecular formula is C20H36N4O3. The maximum absolute atomic E-state index is 11.9. The molecule has 1 heterocycles. The third-order valence-electron chi connectivity index (χ3n) is 6.01. The van der Waals surface area contributed by atoms with Crippen LogP contribution >= 0.6 is 0 Å². The number of nitrogens with one attached hydrogen (secondary N) is 2. The molecule has 1 amide bonds. The van der Waals surface area contributed by atoms with Crippen molar-refractivity contribution in [1.29, 1.82) is 0 Å². The molecule has 1 saturated heterocycles. The highest BCUT2D eigenvalue weighted by Gasteiger charge is 2.43. The Morgan fingerprint density at radius 1 is 1.19 bits per heavy atom. The second-order valence-corrected chi connectivity index (χ2v) is 8.60. The van der Waals surface area contributed by atoms with Crippen molar-refractivity contribution in [2.75, 3.05) is 33.8 Å². The average Bonchev–Trinajstić information content (AvgIpc) is 3.30. The lowest BCUT2D eigenvalue weighted by Crippen LogP contribution is -2.46. The van der Waals surface area contributed by atoms with Crippen LogP contribution in [0.1, 0.15) is 58.3 Å². The quantitative estimate of drug-likeness (QED) is 0.563. The van der Waals surface area contributed by atoms with Gasteiger partial charge in [0.1, 0.15) is 12.6 Å². The van der Waals surface area contributed by atoms with Gasteiger partial charge in [-0.2, -0.15) is 0 Å². The highest BCUT2D eigenvalue weighted by atomic mass is 16.7. The highest BCUT2D eigenvalue weighted by molar-refractivity contribution is 5.85. The molecule has 7 nitrogen and oxygen atoms in total. The first-order valence-corrected chi connectivity index (χ1v) is 10.5. The smallest absolute Gasteiger partial charge is 0.243 e. The van der Waals surface area contributed by atoms with Crippen molar-refractivity contribution in [1.82, 2.24) is 15.5 Å². The van der Waals surface area contributed by atoms with Gasteiger partial charge in [0.05, 0.1) is 6.61 Å². The van der Waals surface area contributed by atoms with Gasteiger partial charge in [-0.1, -0.05) is 19.8 Å². The van der Waals surface area contributed by atoms with Crippen molar-refractivity contribution in [2.24, 2.45) is 10.9 Å². The minimum Gasteiger partial charge on any atom is -0.354 e. The fourth-order valence-corrected chi connectivity index (χ4v) is 4.10. The Morgan fingerprint density at radius 3 is 2.56 bits per heavy atom. The molecule has 0 aromatic carbocycles. The van der Waals surface area contributed by atoms with Crippen LogP contribution in [0.2, 0.25) is 0 Å². The summed E-state index contributed by atoms with van der Waals surface area (Å²) in [5.74, 6) is 1.11. The summed E-state index contributed by atoms with van der Waals surface area (Å²) in [5, 5.41) is 6.86. The maximum Gasteiger partial charge on any atom is 0.243 e. The number of aliphatic imine (C=N–C) groups is 1. The standard InChI is InChI=1S/C20H36N4O3/c1-15-8-10-20(11-9-15)26-14-17(27-20)12-21-19(22-13-18(25)24(2)3)23-16-6-4-5-7-16/h15-17H,4-14H2,1-3H3,(H2,21,22,23). The lowest BCUT2D eigenvalue weighted by atomic mass is 9.86. The van der Waals surface area contributed by atoms with Gasteiger partial charge in [0.25, 0.3) is 0 Å². The summed E-state index contributed by atoms with van der Waals surface area (Å²) in [5.41, 5.74) is 0. The van der Waals surface area contributed by atoms with Crippen LogP contribution in [0.5, 0.6) is 0 Å². The normalized spacial score (nSPS) is 32.0. The number of rotatable bonds is 5. The van der Waals surface area contributed by atoms with E-state index in [4.69, 9.17) is 9.47 Å². The van der Waals surface area contributed by atoms with Crippen LogP contribution in [0.3, 0.4) is 0 Å². The molecular weight excluding hydrogens is 344 g/mol. The number of hydrogen-bond donors (Lipinski definition) is 2. The van der Waals surface area contributed by atoms with Crippen LogP contribution in [0, 0.1) is 5.92 Å². The Labute approximate surface area is 163 Å². The number of ether oxygens (including phenoxy) is 2. The number of nitrogens with zero attached hydrogens (tertiary/aromatic N) is 2. The second kappa shape index (κ2) is 9.24. The minimum absolute atomic E-state index is 0.00162. The molecule has 3 fully saturated rings. The van der Waals surface area contributed by atoms with Crippen LogP contribution in [0.15, 0.2) is 4.99 Å². The summed E-state index contributed by atoms with van der Waals surface area (Å²) >= 11 is 0. The van der Waals surface area contributed by atoms with Gasteiger partial charge < -0.3 is 25.0 Å². The summed E-state index contributed by atoms with van der Waals surface area (Å²) in [7, 11) is 3.51. The Bertz CT molecular complexity index is 523. The SMILES string of the molecule is CC1CCC2(CC1)OCC(CNC(=NCC(=O)N(C)C)NC1CCCC1)O2. The molecule has 7 heteroatoms. The third-order valence-corrected chi connectivity index (χ3v) is 6.01. The van der Waals surface area contributed by atoms with Crippen molar-refractivity contribution in [3.05, 3.63) is 0 Å². The van der Waals surface area contributed by atoms with Crippen molar-refractivity contribution >= 4 is 11.9 Å². The molecule has 2 saturated carbocycles. The predicted molar refractivity (Wildman–Crippen MR) is 106 cm³/mol. The molecule has 3 aliphatic rings. The number of guanidine groups is 1. The lowest BCUT2D eigenvalue weighted by Gasteiger charge is -2.34. The molecule has 0 aromatic rings. The van der Waals surface area contributed by atoms with Crippen LogP contribution in [-0.4, -0.2) is 68.5 Å². The Balaban J connectivity index is 1.51. The first-order valence-electron chi connectivity index (χ1n) is 10.5. The van der Waals surface area contributed by atoms with Gasteiger partial charge in [-0.15, -0.1) is 0 Å². The van der Waals surface area contributed by atoms with Crippen LogP contribution < -0.4 is 10.6 Å². The summed E-state index contributed by atoms with van der Waals surface area (Å²) in [6.07, 6.45) is 9.17. The van der Waals surface area contributed by atoms with Gasteiger partial charge in [0, 0.05) is 39.5 Å². The van der Waals surface area contributed by atoms with E-state index in [0.29, 0.717) is 25.2 Å². The molecule has 2 aliphatic carbocycles. The van der Waals surface area contributed by atoms with E-state index in [2.05, 4.69) is 22.5 Å². The molecule has 154 valence electrons. The summed E-state index contributed by atoms with van der Waals surface area (Å²) < 4.78 is 12.3. The van der Waals surface area contributed by atoms with Gasteiger partial charge in [-0.25, -0.2) is 4.99 Å². The minimum atomic E-state index is -0.365. The average molecular weight is 381 g/mol. The van der Waals surface area contributed by atoms with Crippen molar-refractivity contribution in [2.45, 2.75) is 76.2 Å². The molecule has 3 rings (SSSR count). The van der Waals surface area contributed by atoms with E-state index in [9.17, 15) is 4.79 Å². The number of amides is 1. The van der Waals surface area contributed by atoms with E-state index in [-0.39, 0.29) is 24.3 Å². The third kappa shape index (κ3) is 5.82. The molecule has 1 spiro atoms. The number of carbonyl (C=O) groups is 1. The molecule has 2 N–H and O–H groups in total. The van der Waals surface area contributed by atoms with E-state index in [1.807, 2.05) is 0 Å². The molecule has 0 bridgehead atoms. The lowest BCUT2D eigenvalue weighted by molar-refractivity contribution is -0.191. The molecule has 1 atom stereocenters. The van der Waals surface area contributed by atoms with Crippen LogP contribution in [-0.2, 0) is 14.3 Å². The van der Waals surface area contributed by atoms with Crippen molar-refractivity contribution < 1.29 is 14.3 Å². The van der Waals surface area contributed by atoms with Crippen molar-refractivity contribution in [3.63, 3.8) is 0 Å². The highest BCUT2D eigenvalue weighted by Crippen LogP contribution is 2.39. The molecule has 27 heavy (non-hydrogen) atoms. The van der Waals surface area contributed by atoms with Crippen LogP contribution in [0.4, 0.5) is 0 Å². The number of carbonyl (C=O) groups excluding carboxylic acids is 1. The maximum atomic E-state index is 11.9. The van der Waals surface area contributed by atoms with Gasteiger partial charge in [-0.3, -0.25) is 4.79 Å². The molecule has 0 aromatic heterocycles. The first kappa shape index (κ1) is 20.4. The summed E-state index contributed by atoms with van der Waals surface area (Å²) in [4.78, 5) is 18.0. The zero-order valence-electron chi connectivity index (χ0n) is 17.1.